The van der Waals surface area contributed by atoms with Crippen LogP contribution in [0.4, 0.5) is 0 Å². The summed E-state index contributed by atoms with van der Waals surface area (Å²) in [6, 6.07) is 0.278. The Hall–Kier alpha value is -0.530. The molecule has 2 heteroatoms. The Balaban J connectivity index is 4.41. The van der Waals surface area contributed by atoms with Gasteiger partial charge in [0.2, 0.25) is 5.91 Å². The van der Waals surface area contributed by atoms with Crippen molar-refractivity contribution >= 4 is 5.91 Å². The van der Waals surface area contributed by atoms with Gasteiger partial charge in [0.05, 0.1) is 0 Å². The van der Waals surface area contributed by atoms with Crippen molar-refractivity contribution in [2.75, 3.05) is 0 Å². The van der Waals surface area contributed by atoms with Gasteiger partial charge in [-0.05, 0) is 30.1 Å². The van der Waals surface area contributed by atoms with Crippen LogP contribution >= 0.6 is 0 Å². The molecule has 0 aromatic rings. The largest absolute Gasteiger partial charge is 0.353 e. The van der Waals surface area contributed by atoms with E-state index in [4.69, 9.17) is 0 Å². The maximum Gasteiger partial charge on any atom is 0.220 e. The summed E-state index contributed by atoms with van der Waals surface area (Å²) in [5.41, 5.74) is 0.466. The highest BCUT2D eigenvalue weighted by Gasteiger charge is 2.27. The van der Waals surface area contributed by atoms with E-state index in [2.05, 4.69) is 46.9 Å². The summed E-state index contributed by atoms with van der Waals surface area (Å²) < 4.78 is 0. The Labute approximate surface area is 108 Å². The highest BCUT2D eigenvalue weighted by molar-refractivity contribution is 5.76. The minimum absolute atomic E-state index is 0.134. The van der Waals surface area contributed by atoms with E-state index in [1.807, 2.05) is 6.92 Å². The van der Waals surface area contributed by atoms with E-state index in [9.17, 15) is 4.79 Å². The molecule has 0 radical (unpaired) electrons. The second-order valence-corrected chi connectivity index (χ2v) is 7.34. The second kappa shape index (κ2) is 6.42. The van der Waals surface area contributed by atoms with Gasteiger partial charge in [-0.25, -0.2) is 0 Å². The lowest BCUT2D eigenvalue weighted by molar-refractivity contribution is -0.122. The van der Waals surface area contributed by atoms with E-state index in [1.54, 1.807) is 0 Å². The summed E-state index contributed by atoms with van der Waals surface area (Å²) in [5, 5.41) is 3.19. The molecule has 0 aliphatic carbocycles. The topological polar surface area (TPSA) is 29.1 Å². The first-order chi connectivity index (χ1) is 7.56. The van der Waals surface area contributed by atoms with Crippen LogP contribution in [-0.2, 0) is 4.79 Å². The monoisotopic (exact) mass is 241 g/mol. The fourth-order valence-electron chi connectivity index (χ4n) is 1.79. The van der Waals surface area contributed by atoms with Gasteiger partial charge in [-0.3, -0.25) is 4.79 Å². The molecule has 1 atom stereocenters. The molecule has 0 aromatic carbocycles. The maximum absolute atomic E-state index is 11.7. The third-order valence-corrected chi connectivity index (χ3v) is 3.04. The third kappa shape index (κ3) is 8.23. The Morgan fingerprint density at radius 2 is 1.65 bits per heavy atom. The number of carbonyl (C=O) groups is 1. The first-order valence-electron chi connectivity index (χ1n) is 6.85. The lowest BCUT2D eigenvalue weighted by Gasteiger charge is -2.33. The van der Waals surface area contributed by atoms with E-state index >= 15 is 0 Å². The van der Waals surface area contributed by atoms with Crippen molar-refractivity contribution in [2.45, 2.75) is 80.2 Å². The zero-order chi connectivity index (χ0) is 13.7. The quantitative estimate of drug-likeness (QED) is 0.770. The molecule has 102 valence electrons. The number of rotatable bonds is 5. The average molecular weight is 241 g/mol. The van der Waals surface area contributed by atoms with Gasteiger partial charge in [0.15, 0.2) is 0 Å². The summed E-state index contributed by atoms with van der Waals surface area (Å²) in [7, 11) is 0. The van der Waals surface area contributed by atoms with Crippen LogP contribution in [0.3, 0.4) is 0 Å². The number of hydrogen-bond acceptors (Lipinski definition) is 1. The number of amides is 1. The molecule has 0 aromatic heterocycles. The third-order valence-electron chi connectivity index (χ3n) is 3.04. The van der Waals surface area contributed by atoms with Crippen molar-refractivity contribution in [1.29, 1.82) is 0 Å². The molecule has 17 heavy (non-hydrogen) atoms. The van der Waals surface area contributed by atoms with E-state index in [-0.39, 0.29) is 17.4 Å². The molecule has 1 N–H and O–H groups in total. The predicted molar refractivity (Wildman–Crippen MR) is 75.0 cm³/mol. The van der Waals surface area contributed by atoms with E-state index in [1.165, 1.54) is 0 Å². The summed E-state index contributed by atoms with van der Waals surface area (Å²) in [6.45, 7) is 15.4. The van der Waals surface area contributed by atoms with Gasteiger partial charge < -0.3 is 5.32 Å². The van der Waals surface area contributed by atoms with Gasteiger partial charge in [0.25, 0.3) is 0 Å². The molecule has 1 unspecified atom stereocenters. The highest BCUT2D eigenvalue weighted by atomic mass is 16.1. The van der Waals surface area contributed by atoms with Crippen molar-refractivity contribution in [3.63, 3.8) is 0 Å². The summed E-state index contributed by atoms with van der Waals surface area (Å²) in [6.07, 6.45) is 3.76. The lowest BCUT2D eigenvalue weighted by Crippen LogP contribution is -2.44. The van der Waals surface area contributed by atoms with Crippen LogP contribution < -0.4 is 5.32 Å². The molecule has 0 rings (SSSR count). The number of carbonyl (C=O) groups excluding carboxylic acids is 1. The molecule has 0 saturated carbocycles. The summed E-state index contributed by atoms with van der Waals surface area (Å²) >= 11 is 0. The zero-order valence-corrected chi connectivity index (χ0v) is 12.8. The van der Waals surface area contributed by atoms with Crippen molar-refractivity contribution in [3.05, 3.63) is 0 Å². The molecule has 0 aliphatic heterocycles. The van der Waals surface area contributed by atoms with Crippen LogP contribution in [0.15, 0.2) is 0 Å². The highest BCUT2D eigenvalue weighted by Crippen LogP contribution is 2.28. The van der Waals surface area contributed by atoms with Crippen LogP contribution in [-0.4, -0.2) is 11.9 Å². The smallest absolute Gasteiger partial charge is 0.220 e. The molecule has 0 fully saturated rings. The fraction of sp³-hybridized carbons (Fsp3) is 0.933. The molecule has 0 aliphatic rings. The van der Waals surface area contributed by atoms with E-state index < -0.39 is 0 Å². The van der Waals surface area contributed by atoms with Crippen LogP contribution in [0.2, 0.25) is 0 Å². The number of hydrogen-bond donors (Lipinski definition) is 1. The minimum Gasteiger partial charge on any atom is -0.353 e. The number of nitrogens with one attached hydrogen (secondary N) is 1. The maximum atomic E-state index is 11.7. The van der Waals surface area contributed by atoms with Gasteiger partial charge in [-0.2, -0.15) is 0 Å². The molecule has 2 nitrogen and oxygen atoms in total. The van der Waals surface area contributed by atoms with E-state index in [0.717, 1.165) is 19.3 Å². The fourth-order valence-corrected chi connectivity index (χ4v) is 1.79. The van der Waals surface area contributed by atoms with Crippen molar-refractivity contribution in [2.24, 2.45) is 10.8 Å². The molecular weight excluding hydrogens is 210 g/mol. The van der Waals surface area contributed by atoms with Gasteiger partial charge in [-0.1, -0.05) is 48.5 Å². The standard InChI is InChI=1S/C15H31NO/c1-8-9-13(17)16-12(15(5,6)7)10-11-14(2,3)4/h12H,8-11H2,1-7H3,(H,16,17). The normalized spacial score (nSPS) is 14.5. The second-order valence-electron chi connectivity index (χ2n) is 7.34. The van der Waals surface area contributed by atoms with Crippen molar-refractivity contribution in [3.8, 4) is 0 Å². The van der Waals surface area contributed by atoms with Crippen LogP contribution in [0.5, 0.6) is 0 Å². The van der Waals surface area contributed by atoms with Gasteiger partial charge in [0, 0.05) is 12.5 Å². The molecule has 0 spiro atoms. The average Bonchev–Trinajstić information content (AvgIpc) is 2.09. The Kier molecular flexibility index (Phi) is 6.22. The summed E-state index contributed by atoms with van der Waals surface area (Å²) in [4.78, 5) is 11.7. The van der Waals surface area contributed by atoms with Crippen molar-refractivity contribution in [1.82, 2.24) is 5.32 Å². The first-order valence-corrected chi connectivity index (χ1v) is 6.85. The van der Waals surface area contributed by atoms with Crippen LogP contribution in [0, 0.1) is 10.8 Å². The Morgan fingerprint density at radius 1 is 1.12 bits per heavy atom. The molecule has 0 bridgehead atoms. The summed E-state index contributed by atoms with van der Waals surface area (Å²) in [5.74, 6) is 0.196. The lowest BCUT2D eigenvalue weighted by atomic mass is 9.79. The zero-order valence-electron chi connectivity index (χ0n) is 12.8. The van der Waals surface area contributed by atoms with Gasteiger partial charge in [0.1, 0.15) is 0 Å². The first kappa shape index (κ1) is 16.5. The van der Waals surface area contributed by atoms with E-state index in [0.29, 0.717) is 11.8 Å². The SMILES string of the molecule is CCCC(=O)NC(CCC(C)(C)C)C(C)(C)C. The molecular formula is C15H31NO. The van der Waals surface area contributed by atoms with Crippen LogP contribution in [0.1, 0.15) is 74.1 Å². The molecule has 1 amide bonds. The Bertz CT molecular complexity index is 232. The molecule has 0 heterocycles. The minimum atomic E-state index is 0.134. The van der Waals surface area contributed by atoms with Gasteiger partial charge in [-0.15, -0.1) is 0 Å². The van der Waals surface area contributed by atoms with Gasteiger partial charge >= 0.3 is 0 Å². The van der Waals surface area contributed by atoms with Crippen LogP contribution in [0.25, 0.3) is 0 Å². The predicted octanol–water partition coefficient (Wildman–Crippen LogP) is 4.14. The molecule has 0 saturated heterocycles. The Morgan fingerprint density at radius 3 is 2.00 bits per heavy atom. The van der Waals surface area contributed by atoms with Crippen molar-refractivity contribution < 1.29 is 4.79 Å².